The van der Waals surface area contributed by atoms with Crippen LogP contribution < -0.4 is 5.32 Å². The van der Waals surface area contributed by atoms with Crippen LogP contribution in [0.15, 0.2) is 0 Å². The summed E-state index contributed by atoms with van der Waals surface area (Å²) in [6, 6.07) is 0.0369. The molecule has 1 rings (SSSR count). The van der Waals surface area contributed by atoms with Gasteiger partial charge >= 0.3 is 6.09 Å². The van der Waals surface area contributed by atoms with Crippen molar-refractivity contribution >= 4 is 6.09 Å². The third-order valence-corrected chi connectivity index (χ3v) is 1.66. The predicted molar refractivity (Wildman–Crippen MR) is 48.6 cm³/mol. The molecule has 4 heteroatoms. The lowest BCUT2D eigenvalue weighted by molar-refractivity contribution is 0.0500. The number of carbonyl (C=O) groups excluding carboxylic acids is 1. The van der Waals surface area contributed by atoms with E-state index in [0.717, 1.165) is 6.61 Å². The van der Waals surface area contributed by atoms with Gasteiger partial charge in [0.2, 0.25) is 0 Å². The van der Waals surface area contributed by atoms with Gasteiger partial charge in [0.15, 0.2) is 0 Å². The van der Waals surface area contributed by atoms with E-state index in [1.807, 2.05) is 27.7 Å². The molecule has 1 saturated heterocycles. The second-order valence-electron chi connectivity index (χ2n) is 4.31. The van der Waals surface area contributed by atoms with Crippen LogP contribution in [-0.4, -0.2) is 30.4 Å². The highest BCUT2D eigenvalue weighted by atomic mass is 16.6. The largest absolute Gasteiger partial charge is 0.444 e. The Balaban J connectivity index is 2.24. The van der Waals surface area contributed by atoms with E-state index < -0.39 is 5.60 Å². The van der Waals surface area contributed by atoms with Crippen LogP contribution in [0.4, 0.5) is 4.79 Å². The molecule has 1 N–H and O–H groups in total. The molecule has 1 aliphatic rings. The molecule has 0 aromatic rings. The van der Waals surface area contributed by atoms with Crippen LogP contribution in [0.5, 0.6) is 0 Å². The van der Waals surface area contributed by atoms with E-state index in [4.69, 9.17) is 9.47 Å². The molecule has 2 atom stereocenters. The average Bonchev–Trinajstić information content (AvgIpc) is 2.60. The average molecular weight is 187 g/mol. The van der Waals surface area contributed by atoms with Gasteiger partial charge in [0.1, 0.15) is 11.7 Å². The lowest BCUT2D eigenvalue weighted by Crippen LogP contribution is -2.40. The van der Waals surface area contributed by atoms with Crippen molar-refractivity contribution in [3.05, 3.63) is 0 Å². The van der Waals surface area contributed by atoms with Gasteiger partial charge in [0.25, 0.3) is 0 Å². The minimum Gasteiger partial charge on any atom is -0.444 e. The van der Waals surface area contributed by atoms with Crippen molar-refractivity contribution < 1.29 is 14.3 Å². The van der Waals surface area contributed by atoms with E-state index >= 15 is 0 Å². The molecule has 13 heavy (non-hydrogen) atoms. The summed E-state index contributed by atoms with van der Waals surface area (Å²) in [5, 5.41) is 2.71. The molecule has 0 spiro atoms. The molecule has 1 unspecified atom stereocenters. The molecular weight excluding hydrogens is 170 g/mol. The number of carbonyl (C=O) groups is 1. The van der Waals surface area contributed by atoms with Gasteiger partial charge in [0.05, 0.1) is 12.6 Å². The second-order valence-corrected chi connectivity index (χ2v) is 4.31. The van der Waals surface area contributed by atoms with Crippen LogP contribution in [0.3, 0.4) is 0 Å². The van der Waals surface area contributed by atoms with E-state index in [-0.39, 0.29) is 18.2 Å². The zero-order chi connectivity index (χ0) is 10.1. The summed E-state index contributed by atoms with van der Waals surface area (Å²) in [5.74, 6) is 0. The number of ether oxygens (including phenoxy) is 2. The molecular formula is C9H17NO3. The molecule has 1 amide bonds. The first-order valence-corrected chi connectivity index (χ1v) is 4.49. The maximum atomic E-state index is 11.2. The normalized spacial score (nSPS) is 23.5. The van der Waals surface area contributed by atoms with Gasteiger partial charge in [-0.25, -0.2) is 4.79 Å². The summed E-state index contributed by atoms with van der Waals surface area (Å²) in [6.45, 7) is 8.15. The van der Waals surface area contributed by atoms with Gasteiger partial charge in [-0.05, 0) is 27.7 Å². The first-order chi connectivity index (χ1) is 5.88. The summed E-state index contributed by atoms with van der Waals surface area (Å²) in [6.07, 6.45) is -0.206. The highest BCUT2D eigenvalue weighted by molar-refractivity contribution is 5.68. The molecule has 1 fully saturated rings. The van der Waals surface area contributed by atoms with Crippen molar-refractivity contribution in [3.63, 3.8) is 0 Å². The summed E-state index contributed by atoms with van der Waals surface area (Å²) in [7, 11) is 0. The lowest BCUT2D eigenvalue weighted by atomic mass is 10.2. The molecule has 0 radical (unpaired) electrons. The number of rotatable bonds is 2. The minimum absolute atomic E-state index is 0.0369. The molecule has 4 nitrogen and oxygen atoms in total. The van der Waals surface area contributed by atoms with Crippen molar-refractivity contribution in [2.45, 2.75) is 45.4 Å². The number of epoxide rings is 1. The van der Waals surface area contributed by atoms with Gasteiger partial charge in [-0.1, -0.05) is 0 Å². The summed E-state index contributed by atoms with van der Waals surface area (Å²) in [4.78, 5) is 11.2. The zero-order valence-electron chi connectivity index (χ0n) is 8.59. The highest BCUT2D eigenvalue weighted by Gasteiger charge is 2.31. The summed E-state index contributed by atoms with van der Waals surface area (Å²) in [5.41, 5.74) is -0.436. The van der Waals surface area contributed by atoms with Gasteiger partial charge in [0, 0.05) is 0 Å². The topological polar surface area (TPSA) is 50.9 Å². The Kier molecular flexibility index (Phi) is 2.81. The number of hydrogen-bond acceptors (Lipinski definition) is 3. The Labute approximate surface area is 78.6 Å². The summed E-state index contributed by atoms with van der Waals surface area (Å²) >= 11 is 0. The molecule has 76 valence electrons. The molecule has 1 heterocycles. The molecule has 0 bridgehead atoms. The maximum absolute atomic E-state index is 11.2. The fourth-order valence-electron chi connectivity index (χ4n) is 0.931. The van der Waals surface area contributed by atoms with Crippen LogP contribution in [0.1, 0.15) is 27.7 Å². The van der Waals surface area contributed by atoms with Crippen molar-refractivity contribution in [2.24, 2.45) is 0 Å². The van der Waals surface area contributed by atoms with Gasteiger partial charge in [-0.2, -0.15) is 0 Å². The lowest BCUT2D eigenvalue weighted by Gasteiger charge is -2.21. The molecule has 0 aromatic carbocycles. The van der Waals surface area contributed by atoms with Crippen molar-refractivity contribution in [1.29, 1.82) is 0 Å². The predicted octanol–water partition coefficient (Wildman–Crippen LogP) is 1.30. The third kappa shape index (κ3) is 4.12. The van der Waals surface area contributed by atoms with Gasteiger partial charge < -0.3 is 14.8 Å². The Morgan fingerprint density at radius 2 is 2.15 bits per heavy atom. The Bertz CT molecular complexity index is 194. The van der Waals surface area contributed by atoms with Crippen LogP contribution in [0.25, 0.3) is 0 Å². The first kappa shape index (κ1) is 10.3. The van der Waals surface area contributed by atoms with E-state index in [0.29, 0.717) is 0 Å². The zero-order valence-corrected chi connectivity index (χ0v) is 8.59. The number of amides is 1. The number of nitrogens with one attached hydrogen (secondary N) is 1. The fourth-order valence-corrected chi connectivity index (χ4v) is 0.931. The second kappa shape index (κ2) is 3.54. The molecule has 0 saturated carbocycles. The standard InChI is InChI=1S/C9H17NO3/c1-6(7-5-12-7)10-8(11)13-9(2,3)4/h6-7H,5H2,1-4H3,(H,10,11)/t6-,7?/m1/s1. The van der Waals surface area contributed by atoms with Gasteiger partial charge in [-0.3, -0.25) is 0 Å². The number of hydrogen-bond donors (Lipinski definition) is 1. The van der Waals surface area contributed by atoms with E-state index in [9.17, 15) is 4.79 Å². The van der Waals surface area contributed by atoms with Crippen molar-refractivity contribution in [1.82, 2.24) is 5.32 Å². The van der Waals surface area contributed by atoms with Crippen molar-refractivity contribution in [2.75, 3.05) is 6.61 Å². The maximum Gasteiger partial charge on any atom is 0.407 e. The minimum atomic E-state index is -0.436. The molecule has 0 aromatic heterocycles. The fraction of sp³-hybridized carbons (Fsp3) is 0.889. The van der Waals surface area contributed by atoms with E-state index in [2.05, 4.69) is 5.32 Å². The smallest absolute Gasteiger partial charge is 0.407 e. The molecule has 0 aliphatic carbocycles. The van der Waals surface area contributed by atoms with Crippen LogP contribution in [0, 0.1) is 0 Å². The SMILES string of the molecule is C[C@@H](NC(=O)OC(C)(C)C)C1CO1. The van der Waals surface area contributed by atoms with Crippen LogP contribution in [-0.2, 0) is 9.47 Å². The third-order valence-electron chi connectivity index (χ3n) is 1.66. The first-order valence-electron chi connectivity index (χ1n) is 4.49. The van der Waals surface area contributed by atoms with E-state index in [1.54, 1.807) is 0 Å². The Morgan fingerprint density at radius 1 is 1.62 bits per heavy atom. The Morgan fingerprint density at radius 3 is 2.54 bits per heavy atom. The van der Waals surface area contributed by atoms with Gasteiger partial charge in [-0.15, -0.1) is 0 Å². The highest BCUT2D eigenvalue weighted by Crippen LogP contribution is 2.14. The van der Waals surface area contributed by atoms with Crippen LogP contribution >= 0.6 is 0 Å². The van der Waals surface area contributed by atoms with E-state index in [1.165, 1.54) is 0 Å². The monoisotopic (exact) mass is 187 g/mol. The quantitative estimate of drug-likeness (QED) is 0.663. The number of alkyl carbamates (subject to hydrolysis) is 1. The molecule has 1 aliphatic heterocycles. The van der Waals surface area contributed by atoms with Crippen LogP contribution in [0.2, 0.25) is 0 Å². The Hall–Kier alpha value is -0.770. The summed E-state index contributed by atoms with van der Waals surface area (Å²) < 4.78 is 10.1. The van der Waals surface area contributed by atoms with Crippen molar-refractivity contribution in [3.8, 4) is 0 Å².